The van der Waals surface area contributed by atoms with Gasteiger partial charge < -0.3 is 9.64 Å². The zero-order valence-corrected chi connectivity index (χ0v) is 16.7. The number of rotatable bonds is 5. The minimum absolute atomic E-state index is 0.0365. The van der Waals surface area contributed by atoms with Gasteiger partial charge >= 0.3 is 6.09 Å². The lowest BCUT2D eigenvalue weighted by Gasteiger charge is -2.29. The van der Waals surface area contributed by atoms with Gasteiger partial charge in [-0.05, 0) is 51.3 Å². The average Bonchev–Trinajstić information content (AvgIpc) is 3.35. The minimum Gasteiger partial charge on any atom is -0.444 e. The summed E-state index contributed by atoms with van der Waals surface area (Å²) in [5, 5.41) is 0. The zero-order valence-electron chi connectivity index (χ0n) is 16.7. The Morgan fingerprint density at radius 1 is 1.30 bits per heavy atom. The van der Waals surface area contributed by atoms with E-state index in [9.17, 15) is 9.59 Å². The normalized spacial score (nSPS) is 19.9. The van der Waals surface area contributed by atoms with Gasteiger partial charge in [-0.25, -0.2) is 4.79 Å². The highest BCUT2D eigenvalue weighted by Crippen LogP contribution is 2.33. The third-order valence-corrected chi connectivity index (χ3v) is 4.51. The summed E-state index contributed by atoms with van der Waals surface area (Å²) in [6.07, 6.45) is 3.49. The van der Waals surface area contributed by atoms with Gasteiger partial charge in [0, 0.05) is 26.8 Å². The molecule has 0 spiro atoms. The van der Waals surface area contributed by atoms with Gasteiger partial charge in [-0.3, -0.25) is 19.7 Å². The van der Waals surface area contributed by atoms with Gasteiger partial charge in [-0.1, -0.05) is 0 Å². The first kappa shape index (κ1) is 19.3. The average molecular weight is 372 g/mol. The number of aromatic nitrogens is 1. The van der Waals surface area contributed by atoms with Gasteiger partial charge in [0.15, 0.2) is 0 Å². The predicted molar refractivity (Wildman–Crippen MR) is 103 cm³/mol. The van der Waals surface area contributed by atoms with Gasteiger partial charge in [-0.2, -0.15) is 0 Å². The van der Waals surface area contributed by atoms with E-state index in [2.05, 4.69) is 4.98 Å². The fraction of sp³-hybridized carbons (Fsp3) is 0.600. The van der Waals surface area contributed by atoms with Crippen molar-refractivity contribution in [2.45, 2.75) is 51.2 Å². The lowest BCUT2D eigenvalue weighted by atomic mass is 10.0. The van der Waals surface area contributed by atoms with Crippen LogP contribution in [0.2, 0.25) is 0 Å². The molecule has 1 heterocycles. The highest BCUT2D eigenvalue weighted by atomic mass is 16.6. The summed E-state index contributed by atoms with van der Waals surface area (Å²) >= 11 is 0. The lowest BCUT2D eigenvalue weighted by molar-refractivity contribution is -0.129. The van der Waals surface area contributed by atoms with Gasteiger partial charge in [0.1, 0.15) is 12.1 Å². The van der Waals surface area contributed by atoms with Crippen LogP contribution in [0.15, 0.2) is 23.3 Å². The Balaban J connectivity index is 1.83. The monoisotopic (exact) mass is 372 g/mol. The van der Waals surface area contributed by atoms with Gasteiger partial charge in [-0.15, -0.1) is 0 Å². The van der Waals surface area contributed by atoms with Crippen LogP contribution in [0.25, 0.3) is 0 Å². The summed E-state index contributed by atoms with van der Waals surface area (Å²) in [6.45, 7) is 5.73. The van der Waals surface area contributed by atoms with Crippen LogP contribution in [0, 0.1) is 0 Å². The molecule has 7 heteroatoms. The molecule has 1 unspecified atom stereocenters. The van der Waals surface area contributed by atoms with E-state index in [4.69, 9.17) is 9.73 Å². The maximum atomic E-state index is 12.8. The molecule has 7 nitrogen and oxygen atoms in total. The molecule has 2 bridgehead atoms. The Hall–Kier alpha value is -2.44. The number of hydrogen-bond donors (Lipinski definition) is 0. The largest absolute Gasteiger partial charge is 0.444 e. The molecule has 1 aromatic rings. The van der Waals surface area contributed by atoms with E-state index in [1.54, 1.807) is 20.3 Å². The number of hydrogen-bond acceptors (Lipinski definition) is 5. The number of nitrogens with zero attached hydrogens (tertiary/aromatic N) is 4. The number of carbonyl (C=O) groups excluding carboxylic acids is 2. The van der Waals surface area contributed by atoms with Crippen LogP contribution in [-0.2, 0) is 9.53 Å². The SMILES string of the molecule is CN(C)C(=O)CN(CC1C(=NC2CC2)c2ccnc1c2)C(=O)OC(C)(C)C. The van der Waals surface area contributed by atoms with Crippen LogP contribution in [0.3, 0.4) is 0 Å². The lowest BCUT2D eigenvalue weighted by Crippen LogP contribution is -2.45. The van der Waals surface area contributed by atoms with Crippen LogP contribution in [0.1, 0.15) is 50.8 Å². The van der Waals surface area contributed by atoms with E-state index in [0.29, 0.717) is 12.6 Å². The summed E-state index contributed by atoms with van der Waals surface area (Å²) in [5.41, 5.74) is 2.28. The summed E-state index contributed by atoms with van der Waals surface area (Å²) < 4.78 is 5.53. The molecular weight excluding hydrogens is 344 g/mol. The minimum atomic E-state index is -0.632. The summed E-state index contributed by atoms with van der Waals surface area (Å²) in [6, 6.07) is 4.34. The molecule has 0 saturated heterocycles. The van der Waals surface area contributed by atoms with Crippen molar-refractivity contribution < 1.29 is 14.3 Å². The molecular formula is C20H28N4O3. The maximum absolute atomic E-state index is 12.8. The van der Waals surface area contributed by atoms with E-state index in [1.807, 2.05) is 32.9 Å². The maximum Gasteiger partial charge on any atom is 0.410 e. The van der Waals surface area contributed by atoms with Crippen LogP contribution in [0.4, 0.5) is 4.79 Å². The van der Waals surface area contributed by atoms with Gasteiger partial charge in [0.25, 0.3) is 0 Å². The van der Waals surface area contributed by atoms with Crippen molar-refractivity contribution in [2.75, 3.05) is 27.2 Å². The molecule has 0 radical (unpaired) electrons. The molecule has 1 fully saturated rings. The molecule has 1 saturated carbocycles. The molecule has 2 aliphatic carbocycles. The number of ether oxygens (including phenoxy) is 1. The molecule has 0 aliphatic heterocycles. The highest BCUT2D eigenvalue weighted by Gasteiger charge is 2.35. The molecule has 146 valence electrons. The summed E-state index contributed by atoms with van der Waals surface area (Å²) in [4.78, 5) is 37.3. The fourth-order valence-corrected chi connectivity index (χ4v) is 2.94. The number of likely N-dealkylation sites (N-methyl/N-ethyl adjacent to an activating group) is 1. The van der Waals surface area contributed by atoms with Gasteiger partial charge in [0.05, 0.1) is 23.4 Å². The smallest absolute Gasteiger partial charge is 0.410 e. The van der Waals surface area contributed by atoms with Crippen molar-refractivity contribution >= 4 is 17.7 Å². The Kier molecular flexibility index (Phi) is 5.22. The Bertz CT molecular complexity index is 763. The first-order valence-electron chi connectivity index (χ1n) is 9.36. The van der Waals surface area contributed by atoms with Crippen molar-refractivity contribution in [3.05, 3.63) is 29.6 Å². The van der Waals surface area contributed by atoms with E-state index in [1.165, 1.54) is 9.80 Å². The van der Waals surface area contributed by atoms with Crippen LogP contribution < -0.4 is 0 Å². The summed E-state index contributed by atoms with van der Waals surface area (Å²) in [5.74, 6) is -0.280. The predicted octanol–water partition coefficient (Wildman–Crippen LogP) is 2.46. The van der Waals surface area contributed by atoms with Crippen LogP contribution >= 0.6 is 0 Å². The Morgan fingerprint density at radius 3 is 2.59 bits per heavy atom. The van der Waals surface area contributed by atoms with Gasteiger partial charge in [0.2, 0.25) is 5.91 Å². The molecule has 0 N–H and O–H groups in total. The number of aliphatic imine (C=N–C) groups is 1. The first-order valence-corrected chi connectivity index (χ1v) is 9.36. The first-order chi connectivity index (χ1) is 12.6. The van der Waals surface area contributed by atoms with E-state index < -0.39 is 11.7 Å². The molecule has 2 amide bonds. The molecule has 1 atom stereocenters. The standard InChI is InChI=1S/C20H28N4O3/c1-20(2,3)27-19(26)24(12-17(25)23(4)5)11-15-16-10-13(8-9-21-16)18(15)22-14-6-7-14/h8-10,14-15H,6-7,11-12H2,1-5H3. The number of pyridine rings is 1. The Morgan fingerprint density at radius 2 is 2.00 bits per heavy atom. The van der Waals surface area contributed by atoms with Crippen LogP contribution in [-0.4, -0.2) is 71.3 Å². The van der Waals surface area contributed by atoms with Crippen molar-refractivity contribution in [1.29, 1.82) is 0 Å². The van der Waals surface area contributed by atoms with Crippen molar-refractivity contribution in [3.8, 4) is 0 Å². The van der Waals surface area contributed by atoms with E-state index in [-0.39, 0.29) is 18.4 Å². The third kappa shape index (κ3) is 4.84. The second kappa shape index (κ2) is 7.29. The topological polar surface area (TPSA) is 75.1 Å². The van der Waals surface area contributed by atoms with Crippen molar-refractivity contribution in [1.82, 2.24) is 14.8 Å². The molecule has 27 heavy (non-hydrogen) atoms. The molecule has 2 aliphatic rings. The molecule has 0 aromatic carbocycles. The fourth-order valence-electron chi connectivity index (χ4n) is 2.94. The third-order valence-electron chi connectivity index (χ3n) is 4.51. The second-order valence-electron chi connectivity index (χ2n) is 8.42. The van der Waals surface area contributed by atoms with Crippen molar-refractivity contribution in [3.63, 3.8) is 0 Å². The molecule has 3 rings (SSSR count). The second-order valence-corrected chi connectivity index (χ2v) is 8.42. The Labute approximate surface area is 160 Å². The number of fused-ring (bicyclic) bond motifs is 2. The number of carbonyl (C=O) groups is 2. The molecule has 1 aromatic heterocycles. The highest BCUT2D eigenvalue weighted by molar-refractivity contribution is 6.08. The van der Waals surface area contributed by atoms with E-state index >= 15 is 0 Å². The number of amides is 2. The quantitative estimate of drug-likeness (QED) is 0.796. The van der Waals surface area contributed by atoms with E-state index in [0.717, 1.165) is 29.8 Å². The zero-order chi connectivity index (χ0) is 19.8. The van der Waals surface area contributed by atoms with Crippen LogP contribution in [0.5, 0.6) is 0 Å². The van der Waals surface area contributed by atoms with Crippen molar-refractivity contribution in [2.24, 2.45) is 4.99 Å². The summed E-state index contributed by atoms with van der Waals surface area (Å²) in [7, 11) is 3.35.